The second-order valence-electron chi connectivity index (χ2n) is 5.57. The van der Waals surface area contributed by atoms with Crippen molar-refractivity contribution in [2.24, 2.45) is 0 Å². The van der Waals surface area contributed by atoms with E-state index in [9.17, 15) is 28.1 Å². The zero-order chi connectivity index (χ0) is 20.5. The third-order valence-corrected chi connectivity index (χ3v) is 3.78. The molecule has 0 atom stereocenters. The first-order chi connectivity index (χ1) is 13.2. The standard InChI is InChI=1S/C17H12F3N3O5/c1-27-10-6-7-14(13(8-10)23(25)26)28-15(24)9-22-12-5-3-2-4-11(12)21-16(22)17(18,19)20/h2-8H,9H2,1H3. The minimum atomic E-state index is -4.80. The van der Waals surface area contributed by atoms with Gasteiger partial charge in [0.05, 0.1) is 29.1 Å². The van der Waals surface area contributed by atoms with Crippen molar-refractivity contribution in [1.29, 1.82) is 0 Å². The third-order valence-electron chi connectivity index (χ3n) is 3.78. The lowest BCUT2D eigenvalue weighted by Crippen LogP contribution is -2.22. The van der Waals surface area contributed by atoms with Crippen LogP contribution in [0.1, 0.15) is 5.82 Å². The number of hydrogen-bond donors (Lipinski definition) is 0. The summed E-state index contributed by atoms with van der Waals surface area (Å²) in [6.07, 6.45) is -4.80. The largest absolute Gasteiger partial charge is 0.496 e. The van der Waals surface area contributed by atoms with E-state index >= 15 is 0 Å². The monoisotopic (exact) mass is 395 g/mol. The molecular weight excluding hydrogens is 383 g/mol. The van der Waals surface area contributed by atoms with Crippen LogP contribution in [0, 0.1) is 10.1 Å². The van der Waals surface area contributed by atoms with Crippen LogP contribution in [0.4, 0.5) is 18.9 Å². The van der Waals surface area contributed by atoms with Gasteiger partial charge in [0, 0.05) is 0 Å². The Bertz CT molecular complexity index is 1060. The number of nitrogens with zero attached hydrogens (tertiary/aromatic N) is 3. The molecule has 28 heavy (non-hydrogen) atoms. The third kappa shape index (κ3) is 3.72. The fourth-order valence-corrected chi connectivity index (χ4v) is 2.59. The summed E-state index contributed by atoms with van der Waals surface area (Å²) >= 11 is 0. The van der Waals surface area contributed by atoms with Gasteiger partial charge in [0.2, 0.25) is 11.6 Å². The van der Waals surface area contributed by atoms with E-state index in [0.717, 1.165) is 12.1 Å². The molecule has 0 spiro atoms. The molecule has 0 aliphatic rings. The molecule has 0 aliphatic carbocycles. The Morgan fingerprint density at radius 1 is 1.25 bits per heavy atom. The first-order valence-electron chi connectivity index (χ1n) is 7.76. The lowest BCUT2D eigenvalue weighted by atomic mass is 10.3. The van der Waals surface area contributed by atoms with Crippen molar-refractivity contribution < 1.29 is 32.4 Å². The number of nitro groups is 1. The average molecular weight is 395 g/mol. The van der Waals surface area contributed by atoms with Gasteiger partial charge >= 0.3 is 17.8 Å². The van der Waals surface area contributed by atoms with Gasteiger partial charge < -0.3 is 14.0 Å². The van der Waals surface area contributed by atoms with Gasteiger partial charge in [-0.1, -0.05) is 12.1 Å². The van der Waals surface area contributed by atoms with Crippen LogP contribution in [0.15, 0.2) is 42.5 Å². The minimum absolute atomic E-state index is 0.0538. The highest BCUT2D eigenvalue weighted by atomic mass is 19.4. The fraction of sp³-hybridized carbons (Fsp3) is 0.176. The van der Waals surface area contributed by atoms with Crippen LogP contribution < -0.4 is 9.47 Å². The van der Waals surface area contributed by atoms with Gasteiger partial charge in [0.1, 0.15) is 12.3 Å². The number of esters is 1. The van der Waals surface area contributed by atoms with Gasteiger partial charge in [-0.15, -0.1) is 0 Å². The molecule has 3 rings (SSSR count). The molecule has 1 aromatic heterocycles. The van der Waals surface area contributed by atoms with E-state index in [1.54, 1.807) is 0 Å². The first kappa shape index (κ1) is 19.1. The molecule has 11 heteroatoms. The molecule has 146 valence electrons. The normalized spacial score (nSPS) is 11.4. The second-order valence-corrected chi connectivity index (χ2v) is 5.57. The maximum atomic E-state index is 13.3. The summed E-state index contributed by atoms with van der Waals surface area (Å²) in [7, 11) is 1.30. The Balaban J connectivity index is 1.94. The molecule has 1 heterocycles. The number of fused-ring (bicyclic) bond motifs is 1. The summed E-state index contributed by atoms with van der Waals surface area (Å²) in [4.78, 5) is 26.1. The highest BCUT2D eigenvalue weighted by Gasteiger charge is 2.38. The Hall–Kier alpha value is -3.63. The summed E-state index contributed by atoms with van der Waals surface area (Å²) in [5.74, 6) is -2.64. The van der Waals surface area contributed by atoms with Crippen molar-refractivity contribution in [3.63, 3.8) is 0 Å². The topological polar surface area (TPSA) is 96.5 Å². The quantitative estimate of drug-likeness (QED) is 0.284. The number of carbonyl (C=O) groups excluding carboxylic acids is 1. The van der Waals surface area contributed by atoms with Crippen molar-refractivity contribution in [3.8, 4) is 11.5 Å². The van der Waals surface area contributed by atoms with E-state index in [-0.39, 0.29) is 16.8 Å². The van der Waals surface area contributed by atoms with Gasteiger partial charge in [-0.05, 0) is 24.3 Å². The smallest absolute Gasteiger partial charge is 0.449 e. The number of para-hydroxylation sites is 2. The molecule has 0 saturated carbocycles. The molecule has 0 unspecified atom stereocenters. The van der Waals surface area contributed by atoms with Gasteiger partial charge in [-0.25, -0.2) is 9.78 Å². The van der Waals surface area contributed by atoms with Gasteiger partial charge in [0.25, 0.3) is 0 Å². The molecule has 0 bridgehead atoms. The van der Waals surface area contributed by atoms with Crippen molar-refractivity contribution in [3.05, 3.63) is 58.4 Å². The number of rotatable bonds is 5. The number of methoxy groups -OCH3 is 1. The molecule has 0 aliphatic heterocycles. The molecule has 3 aromatic rings. The average Bonchev–Trinajstić information content (AvgIpc) is 3.01. The molecule has 0 amide bonds. The Morgan fingerprint density at radius 2 is 1.96 bits per heavy atom. The van der Waals surface area contributed by atoms with Gasteiger partial charge in [0.15, 0.2) is 0 Å². The molecule has 0 fully saturated rings. The summed E-state index contributed by atoms with van der Waals surface area (Å²) < 4.78 is 50.3. The highest BCUT2D eigenvalue weighted by molar-refractivity contribution is 5.80. The van der Waals surface area contributed by atoms with Crippen LogP contribution in [0.25, 0.3) is 11.0 Å². The number of halogens is 3. The second kappa shape index (κ2) is 7.18. The predicted octanol–water partition coefficient (Wildman–Crippen LogP) is 3.58. The fourth-order valence-electron chi connectivity index (χ4n) is 2.59. The number of hydrogen-bond acceptors (Lipinski definition) is 6. The predicted molar refractivity (Wildman–Crippen MR) is 90.0 cm³/mol. The Labute approximate surface area is 155 Å². The number of ether oxygens (including phenoxy) is 2. The summed E-state index contributed by atoms with van der Waals surface area (Å²) in [6.45, 7) is -0.835. The van der Waals surface area contributed by atoms with Crippen LogP contribution in [0.2, 0.25) is 0 Å². The number of benzene rings is 2. The molecular formula is C17H12F3N3O5. The van der Waals surface area contributed by atoms with E-state index in [2.05, 4.69) is 4.98 Å². The minimum Gasteiger partial charge on any atom is -0.496 e. The summed E-state index contributed by atoms with van der Waals surface area (Å²) in [6, 6.07) is 9.26. The van der Waals surface area contributed by atoms with Crippen LogP contribution in [-0.4, -0.2) is 27.6 Å². The summed E-state index contributed by atoms with van der Waals surface area (Å²) in [5, 5.41) is 11.1. The lowest BCUT2D eigenvalue weighted by Gasteiger charge is -2.11. The van der Waals surface area contributed by atoms with E-state index in [1.807, 2.05) is 0 Å². The van der Waals surface area contributed by atoms with Crippen molar-refractivity contribution in [2.45, 2.75) is 12.7 Å². The number of carbonyl (C=O) groups is 1. The molecule has 2 aromatic carbocycles. The van der Waals surface area contributed by atoms with Gasteiger partial charge in [-0.3, -0.25) is 10.1 Å². The first-order valence-corrected chi connectivity index (χ1v) is 7.76. The number of alkyl halides is 3. The van der Waals surface area contributed by atoms with Crippen molar-refractivity contribution >= 4 is 22.7 Å². The zero-order valence-electron chi connectivity index (χ0n) is 14.3. The van der Waals surface area contributed by atoms with E-state index in [1.165, 1.54) is 37.4 Å². The van der Waals surface area contributed by atoms with Crippen LogP contribution in [-0.2, 0) is 17.5 Å². The molecule has 0 radical (unpaired) electrons. The van der Waals surface area contributed by atoms with E-state index < -0.39 is 40.9 Å². The Morgan fingerprint density at radius 3 is 2.61 bits per heavy atom. The van der Waals surface area contributed by atoms with Crippen LogP contribution in [0.3, 0.4) is 0 Å². The van der Waals surface area contributed by atoms with Crippen LogP contribution in [0.5, 0.6) is 11.5 Å². The summed E-state index contributed by atoms with van der Waals surface area (Å²) in [5.41, 5.74) is -0.423. The lowest BCUT2D eigenvalue weighted by molar-refractivity contribution is -0.385. The number of nitro benzene ring substituents is 1. The highest BCUT2D eigenvalue weighted by Crippen LogP contribution is 2.33. The molecule has 8 nitrogen and oxygen atoms in total. The Kier molecular flexibility index (Phi) is 4.91. The van der Waals surface area contributed by atoms with E-state index in [4.69, 9.17) is 9.47 Å². The van der Waals surface area contributed by atoms with Crippen molar-refractivity contribution in [1.82, 2.24) is 9.55 Å². The maximum absolute atomic E-state index is 13.3. The molecule has 0 N–H and O–H groups in total. The zero-order valence-corrected chi connectivity index (χ0v) is 14.3. The SMILES string of the molecule is COc1ccc(OC(=O)Cn2c(C(F)(F)F)nc3ccccc32)c([N+](=O)[O-])c1. The molecule has 0 saturated heterocycles. The number of aromatic nitrogens is 2. The maximum Gasteiger partial charge on any atom is 0.449 e. The number of imidazole rings is 1. The van der Waals surface area contributed by atoms with Crippen molar-refractivity contribution in [2.75, 3.05) is 7.11 Å². The van der Waals surface area contributed by atoms with Crippen LogP contribution >= 0.6 is 0 Å². The van der Waals surface area contributed by atoms with E-state index in [0.29, 0.717) is 4.57 Å². The van der Waals surface area contributed by atoms with Gasteiger partial charge in [-0.2, -0.15) is 13.2 Å².